The predicted molar refractivity (Wildman–Crippen MR) is 125 cm³/mol. The number of rotatable bonds is 5. The molecule has 1 aliphatic heterocycles. The Balaban J connectivity index is 1.56. The molecule has 0 saturated carbocycles. The van der Waals surface area contributed by atoms with Gasteiger partial charge < -0.3 is 19.3 Å². The maximum Gasteiger partial charge on any atom is 0.259 e. The van der Waals surface area contributed by atoms with Crippen molar-refractivity contribution in [3.05, 3.63) is 70.4 Å². The standard InChI is InChI=1S/C26H25N3O4/c1-5-20(18-8-6-14(2)10-15(18)3)28-25(30)19-11-16(4)27-26-23(19)24(29-33-26)17-7-9-21-22(12-17)32-13-31-21/h6-12,20H,5,13H2,1-4H3,(H,28,30)/t20-/m0/s1. The third kappa shape index (κ3) is 3.80. The number of fused-ring (bicyclic) bond motifs is 2. The molecule has 0 unspecified atom stereocenters. The van der Waals surface area contributed by atoms with Gasteiger partial charge in [0.25, 0.3) is 11.6 Å². The summed E-state index contributed by atoms with van der Waals surface area (Å²) in [6.07, 6.45) is 0.765. The normalized spacial score (nSPS) is 13.3. The molecule has 1 atom stereocenters. The first-order chi connectivity index (χ1) is 15.9. The molecule has 0 bridgehead atoms. The molecule has 0 aliphatic carbocycles. The number of benzene rings is 2. The number of aryl methyl sites for hydroxylation is 3. The SMILES string of the molecule is CC[C@H](NC(=O)c1cc(C)nc2onc(-c3ccc4c(c3)OCO4)c12)c1ccc(C)cc1C. The van der Waals surface area contributed by atoms with Gasteiger partial charge >= 0.3 is 0 Å². The van der Waals surface area contributed by atoms with Crippen molar-refractivity contribution in [2.24, 2.45) is 0 Å². The van der Waals surface area contributed by atoms with Gasteiger partial charge in [-0.15, -0.1) is 0 Å². The quantitative estimate of drug-likeness (QED) is 0.443. The van der Waals surface area contributed by atoms with Crippen molar-refractivity contribution >= 4 is 17.0 Å². The molecule has 5 rings (SSSR count). The number of nitrogens with zero attached hydrogens (tertiary/aromatic N) is 2. The van der Waals surface area contributed by atoms with Gasteiger partial charge in [-0.3, -0.25) is 4.79 Å². The van der Waals surface area contributed by atoms with Crippen LogP contribution in [0.4, 0.5) is 0 Å². The molecule has 4 aromatic rings. The first-order valence-corrected chi connectivity index (χ1v) is 11.0. The summed E-state index contributed by atoms with van der Waals surface area (Å²) < 4.78 is 16.4. The lowest BCUT2D eigenvalue weighted by Gasteiger charge is -2.20. The lowest BCUT2D eigenvalue weighted by Crippen LogP contribution is -2.29. The van der Waals surface area contributed by atoms with E-state index in [2.05, 4.69) is 54.4 Å². The van der Waals surface area contributed by atoms with E-state index >= 15 is 0 Å². The van der Waals surface area contributed by atoms with E-state index in [1.54, 1.807) is 6.07 Å². The van der Waals surface area contributed by atoms with E-state index < -0.39 is 0 Å². The number of pyridine rings is 1. The Bertz CT molecular complexity index is 1380. The van der Waals surface area contributed by atoms with Gasteiger partial charge in [0.2, 0.25) is 6.79 Å². The Kier molecular flexibility index (Phi) is 5.24. The van der Waals surface area contributed by atoms with Crippen molar-refractivity contribution in [1.82, 2.24) is 15.5 Å². The Morgan fingerprint density at radius 2 is 1.88 bits per heavy atom. The summed E-state index contributed by atoms with van der Waals surface area (Å²) in [6.45, 7) is 8.22. The molecule has 0 radical (unpaired) electrons. The second-order valence-corrected chi connectivity index (χ2v) is 8.38. The molecule has 33 heavy (non-hydrogen) atoms. The third-order valence-electron chi connectivity index (χ3n) is 5.98. The lowest BCUT2D eigenvalue weighted by atomic mass is 9.96. The van der Waals surface area contributed by atoms with Crippen molar-refractivity contribution in [2.75, 3.05) is 6.79 Å². The summed E-state index contributed by atoms with van der Waals surface area (Å²) in [7, 11) is 0. The monoisotopic (exact) mass is 443 g/mol. The molecule has 0 spiro atoms. The van der Waals surface area contributed by atoms with Crippen LogP contribution >= 0.6 is 0 Å². The minimum Gasteiger partial charge on any atom is -0.454 e. The van der Waals surface area contributed by atoms with Crippen LogP contribution < -0.4 is 14.8 Å². The van der Waals surface area contributed by atoms with Crippen LogP contribution in [0.15, 0.2) is 47.0 Å². The van der Waals surface area contributed by atoms with E-state index in [0.717, 1.165) is 23.1 Å². The van der Waals surface area contributed by atoms with E-state index in [0.29, 0.717) is 39.6 Å². The van der Waals surface area contributed by atoms with Crippen LogP contribution in [0, 0.1) is 20.8 Å². The smallest absolute Gasteiger partial charge is 0.259 e. The molecule has 7 nitrogen and oxygen atoms in total. The second-order valence-electron chi connectivity index (χ2n) is 8.38. The molecule has 1 N–H and O–H groups in total. The number of hydrogen-bond acceptors (Lipinski definition) is 6. The highest BCUT2D eigenvalue weighted by Crippen LogP contribution is 2.38. The largest absolute Gasteiger partial charge is 0.454 e. The molecule has 2 aromatic heterocycles. The highest BCUT2D eigenvalue weighted by molar-refractivity contribution is 6.09. The van der Waals surface area contributed by atoms with Crippen molar-refractivity contribution < 1.29 is 18.8 Å². The fourth-order valence-electron chi connectivity index (χ4n) is 4.35. The van der Waals surface area contributed by atoms with E-state index in [1.165, 1.54) is 5.56 Å². The second kappa shape index (κ2) is 8.24. The fourth-order valence-corrected chi connectivity index (χ4v) is 4.35. The fraction of sp³-hybridized carbons (Fsp3) is 0.269. The summed E-state index contributed by atoms with van der Waals surface area (Å²) in [5, 5.41) is 8.03. The Hall–Kier alpha value is -3.87. The maximum absolute atomic E-state index is 13.5. The number of amides is 1. The maximum atomic E-state index is 13.5. The zero-order valence-electron chi connectivity index (χ0n) is 19.1. The van der Waals surface area contributed by atoms with Crippen LogP contribution in [-0.4, -0.2) is 22.8 Å². The number of hydrogen-bond donors (Lipinski definition) is 1. The molecule has 0 saturated heterocycles. The first-order valence-electron chi connectivity index (χ1n) is 11.0. The average molecular weight is 444 g/mol. The van der Waals surface area contributed by atoms with E-state index in [-0.39, 0.29) is 18.7 Å². The Morgan fingerprint density at radius 1 is 1.06 bits per heavy atom. The van der Waals surface area contributed by atoms with E-state index in [1.807, 2.05) is 25.1 Å². The molecule has 2 aromatic carbocycles. The van der Waals surface area contributed by atoms with Crippen LogP contribution in [0.2, 0.25) is 0 Å². The Labute approximate surface area is 191 Å². The number of nitrogens with one attached hydrogen (secondary N) is 1. The van der Waals surface area contributed by atoms with Crippen LogP contribution in [0.3, 0.4) is 0 Å². The van der Waals surface area contributed by atoms with Crippen molar-refractivity contribution in [1.29, 1.82) is 0 Å². The van der Waals surface area contributed by atoms with Crippen LogP contribution in [0.1, 0.15) is 52.1 Å². The summed E-state index contributed by atoms with van der Waals surface area (Å²) in [6, 6.07) is 13.5. The summed E-state index contributed by atoms with van der Waals surface area (Å²) in [5.41, 5.74) is 6.26. The lowest BCUT2D eigenvalue weighted by molar-refractivity contribution is 0.0937. The average Bonchev–Trinajstić information content (AvgIpc) is 3.43. The third-order valence-corrected chi connectivity index (χ3v) is 5.98. The van der Waals surface area contributed by atoms with E-state index in [4.69, 9.17) is 14.0 Å². The number of carbonyl (C=O) groups is 1. The van der Waals surface area contributed by atoms with Gasteiger partial charge in [-0.25, -0.2) is 4.98 Å². The molecular weight excluding hydrogens is 418 g/mol. The Morgan fingerprint density at radius 3 is 2.67 bits per heavy atom. The van der Waals surface area contributed by atoms with Gasteiger partial charge in [0.1, 0.15) is 5.69 Å². The van der Waals surface area contributed by atoms with Gasteiger partial charge in [-0.05, 0) is 62.6 Å². The molecule has 1 amide bonds. The van der Waals surface area contributed by atoms with Crippen LogP contribution in [0.5, 0.6) is 11.5 Å². The van der Waals surface area contributed by atoms with Gasteiger partial charge in [-0.1, -0.05) is 35.8 Å². The van der Waals surface area contributed by atoms with Crippen molar-refractivity contribution in [3.8, 4) is 22.8 Å². The first kappa shape index (κ1) is 21.0. The molecule has 0 fully saturated rings. The summed E-state index contributed by atoms with van der Waals surface area (Å²) in [5.74, 6) is 1.12. The number of aromatic nitrogens is 2. The molecule has 3 heterocycles. The van der Waals surface area contributed by atoms with Crippen LogP contribution in [-0.2, 0) is 0 Å². The predicted octanol–water partition coefficient (Wildman–Crippen LogP) is 5.42. The van der Waals surface area contributed by atoms with Crippen molar-refractivity contribution in [2.45, 2.75) is 40.2 Å². The summed E-state index contributed by atoms with van der Waals surface area (Å²) in [4.78, 5) is 18.0. The molecular formula is C26H25N3O4. The minimum absolute atomic E-state index is 0.115. The zero-order valence-corrected chi connectivity index (χ0v) is 19.1. The number of carbonyl (C=O) groups excluding carboxylic acids is 1. The van der Waals surface area contributed by atoms with Gasteiger partial charge in [-0.2, -0.15) is 0 Å². The van der Waals surface area contributed by atoms with Gasteiger partial charge in [0.15, 0.2) is 11.5 Å². The number of ether oxygens (including phenoxy) is 2. The topological polar surface area (TPSA) is 86.5 Å². The molecule has 168 valence electrons. The van der Waals surface area contributed by atoms with Gasteiger partial charge in [0.05, 0.1) is 17.0 Å². The van der Waals surface area contributed by atoms with Gasteiger partial charge in [0, 0.05) is 11.3 Å². The zero-order chi connectivity index (χ0) is 23.1. The molecule has 7 heteroatoms. The van der Waals surface area contributed by atoms with Crippen LogP contribution in [0.25, 0.3) is 22.4 Å². The highest BCUT2D eigenvalue weighted by atomic mass is 16.7. The van der Waals surface area contributed by atoms with E-state index in [9.17, 15) is 4.79 Å². The highest BCUT2D eigenvalue weighted by Gasteiger charge is 2.24. The summed E-state index contributed by atoms with van der Waals surface area (Å²) >= 11 is 0. The molecule has 1 aliphatic rings. The minimum atomic E-state index is -0.192. The van der Waals surface area contributed by atoms with Crippen molar-refractivity contribution in [3.63, 3.8) is 0 Å².